The number of fused-ring (bicyclic) bond motifs is 4. The molecule has 2 aromatic heterocycles. The summed E-state index contributed by atoms with van der Waals surface area (Å²) in [5, 5.41) is 2.77. The first kappa shape index (κ1) is 38.1. The number of halogens is 4. The van der Waals surface area contributed by atoms with Gasteiger partial charge in [-0.25, -0.2) is 9.37 Å². The molecule has 47 heavy (non-hydrogen) atoms. The molecule has 0 aliphatic carbocycles. The van der Waals surface area contributed by atoms with Crippen LogP contribution in [-0.4, -0.2) is 34.1 Å². The first-order valence-corrected chi connectivity index (χ1v) is 16.6. The summed E-state index contributed by atoms with van der Waals surface area (Å²) < 4.78 is 58.9. The second kappa shape index (κ2) is 15.7. The van der Waals surface area contributed by atoms with E-state index >= 15 is 4.39 Å². The number of benzene rings is 1. The molecular weight excluding hydrogens is 628 g/mol. The number of ketones is 1. The van der Waals surface area contributed by atoms with Crippen molar-refractivity contribution in [2.45, 2.75) is 85.0 Å². The molecule has 0 saturated heterocycles. The SMILES string of the molecule is C=C.C=C1CCC(C)(C)Cc2c(/C=C(/N)C(C)C)n(CC(F)(F)F)c3cc(F)c(cc23)-c2csc(n2)CC(N)C(=O)C1CCCNN. The van der Waals surface area contributed by atoms with Crippen LogP contribution in [0, 0.1) is 23.1 Å². The van der Waals surface area contributed by atoms with Crippen LogP contribution in [-0.2, 0) is 24.2 Å². The van der Waals surface area contributed by atoms with Crippen molar-refractivity contribution < 1.29 is 22.4 Å². The van der Waals surface area contributed by atoms with Gasteiger partial charge in [0.2, 0.25) is 0 Å². The maximum Gasteiger partial charge on any atom is 0.406 e. The van der Waals surface area contributed by atoms with Crippen LogP contribution >= 0.6 is 11.3 Å². The predicted octanol–water partition coefficient (Wildman–Crippen LogP) is 7.44. The smallest absolute Gasteiger partial charge is 0.402 e. The molecule has 0 saturated carbocycles. The van der Waals surface area contributed by atoms with Crippen molar-refractivity contribution in [3.63, 3.8) is 0 Å². The monoisotopic (exact) mass is 676 g/mol. The molecule has 3 heterocycles. The number of alkyl halides is 3. The summed E-state index contributed by atoms with van der Waals surface area (Å²) in [7, 11) is 0. The van der Waals surface area contributed by atoms with Crippen LogP contribution < -0.4 is 22.7 Å². The number of nitrogens with two attached hydrogens (primary N) is 3. The van der Waals surface area contributed by atoms with Gasteiger partial charge in [-0.05, 0) is 67.2 Å². The lowest BCUT2D eigenvalue weighted by molar-refractivity contribution is -0.140. The van der Waals surface area contributed by atoms with Gasteiger partial charge in [-0.15, -0.1) is 24.5 Å². The summed E-state index contributed by atoms with van der Waals surface area (Å²) in [4.78, 5) is 18.2. The lowest BCUT2D eigenvalue weighted by Crippen LogP contribution is -2.38. The zero-order valence-electron chi connectivity index (χ0n) is 27.8. The normalized spacial score (nSPS) is 19.3. The average molecular weight is 677 g/mol. The molecular formula is C35H48F4N6OS. The average Bonchev–Trinajstić information content (AvgIpc) is 3.55. The molecule has 4 rings (SSSR count). The minimum atomic E-state index is -4.56. The number of allylic oxidation sites excluding steroid dienone is 2. The van der Waals surface area contributed by atoms with Gasteiger partial charge in [-0.3, -0.25) is 16.1 Å². The quantitative estimate of drug-likeness (QED) is 0.0678. The number of Topliss-reactive ketones (excluding diaryl/α,β-unsaturated/α-hetero) is 1. The van der Waals surface area contributed by atoms with Gasteiger partial charge in [-0.2, -0.15) is 13.2 Å². The van der Waals surface area contributed by atoms with Crippen molar-refractivity contribution >= 4 is 34.1 Å². The fraction of sp³-hybridized carbons (Fsp3) is 0.486. The Hall–Kier alpha value is -3.32. The number of thiazole rings is 1. The van der Waals surface area contributed by atoms with Crippen LogP contribution in [0.3, 0.4) is 0 Å². The molecule has 1 aliphatic heterocycles. The molecule has 3 aromatic rings. The predicted molar refractivity (Wildman–Crippen MR) is 185 cm³/mol. The van der Waals surface area contributed by atoms with E-state index in [1.807, 2.05) is 27.7 Å². The van der Waals surface area contributed by atoms with E-state index in [9.17, 15) is 18.0 Å². The van der Waals surface area contributed by atoms with E-state index in [0.29, 0.717) is 71.7 Å². The summed E-state index contributed by atoms with van der Waals surface area (Å²) in [6.45, 7) is 17.3. The Morgan fingerprint density at radius 3 is 2.57 bits per heavy atom. The first-order valence-electron chi connectivity index (χ1n) is 15.7. The summed E-state index contributed by atoms with van der Waals surface area (Å²) in [6, 6.07) is 1.94. The number of hydrogen-bond donors (Lipinski definition) is 4. The molecule has 12 heteroatoms. The van der Waals surface area contributed by atoms with E-state index in [4.69, 9.17) is 17.3 Å². The Labute approximate surface area is 279 Å². The Morgan fingerprint density at radius 2 is 1.96 bits per heavy atom. The molecule has 258 valence electrons. The lowest BCUT2D eigenvalue weighted by Gasteiger charge is -2.28. The molecule has 1 aliphatic rings. The minimum absolute atomic E-state index is 0.117. The Morgan fingerprint density at radius 1 is 1.28 bits per heavy atom. The van der Waals surface area contributed by atoms with E-state index in [0.717, 1.165) is 16.2 Å². The number of hydrogen-bond acceptors (Lipinski definition) is 7. The van der Waals surface area contributed by atoms with Crippen molar-refractivity contribution in [2.24, 2.45) is 34.6 Å². The minimum Gasteiger partial charge on any atom is -0.402 e. The van der Waals surface area contributed by atoms with Crippen LogP contribution in [0.4, 0.5) is 17.6 Å². The van der Waals surface area contributed by atoms with E-state index in [1.54, 1.807) is 17.5 Å². The third kappa shape index (κ3) is 9.40. The number of carbonyl (C=O) groups excluding carboxylic acids is 1. The molecule has 7 N–H and O–H groups in total. The summed E-state index contributed by atoms with van der Waals surface area (Å²) in [5.74, 6) is 4.05. The Bertz CT molecular complexity index is 1600. The van der Waals surface area contributed by atoms with Gasteiger partial charge >= 0.3 is 6.18 Å². The molecule has 0 spiro atoms. The van der Waals surface area contributed by atoms with E-state index in [2.05, 4.69) is 30.1 Å². The fourth-order valence-electron chi connectivity index (χ4n) is 5.95. The van der Waals surface area contributed by atoms with Crippen molar-refractivity contribution in [2.75, 3.05) is 6.54 Å². The number of aromatic nitrogens is 2. The molecule has 0 fully saturated rings. The van der Waals surface area contributed by atoms with Crippen molar-refractivity contribution in [3.05, 3.63) is 70.6 Å². The molecule has 0 radical (unpaired) electrons. The highest BCUT2D eigenvalue weighted by Crippen LogP contribution is 2.41. The van der Waals surface area contributed by atoms with Crippen LogP contribution in [0.5, 0.6) is 0 Å². The van der Waals surface area contributed by atoms with Gasteiger partial charge in [0, 0.05) is 46.6 Å². The molecule has 1 aromatic carbocycles. The third-order valence-electron chi connectivity index (χ3n) is 8.62. The number of carbonyl (C=O) groups is 1. The summed E-state index contributed by atoms with van der Waals surface area (Å²) in [5.41, 5.74) is 17.7. The number of nitrogens with zero attached hydrogens (tertiary/aromatic N) is 2. The summed E-state index contributed by atoms with van der Waals surface area (Å²) >= 11 is 1.26. The number of hydrazine groups is 1. The third-order valence-corrected chi connectivity index (χ3v) is 9.50. The number of nitrogens with one attached hydrogen (secondary N) is 1. The zero-order chi connectivity index (χ0) is 35.3. The maximum absolute atomic E-state index is 15.8. The molecule has 4 bridgehead atoms. The zero-order valence-corrected chi connectivity index (χ0v) is 28.6. The highest BCUT2D eigenvalue weighted by Gasteiger charge is 2.34. The van der Waals surface area contributed by atoms with Gasteiger partial charge in [0.05, 0.1) is 22.3 Å². The maximum atomic E-state index is 15.8. The molecule has 2 atom stereocenters. The van der Waals surface area contributed by atoms with Gasteiger partial charge in [-0.1, -0.05) is 39.8 Å². The van der Waals surface area contributed by atoms with E-state index in [1.165, 1.54) is 11.3 Å². The lowest BCUT2D eigenvalue weighted by atomic mass is 9.77. The molecule has 0 amide bonds. The van der Waals surface area contributed by atoms with Gasteiger partial charge in [0.15, 0.2) is 5.78 Å². The van der Waals surface area contributed by atoms with Crippen LogP contribution in [0.1, 0.15) is 69.6 Å². The number of rotatable bonds is 7. The largest absolute Gasteiger partial charge is 0.406 e. The van der Waals surface area contributed by atoms with Crippen LogP contribution in [0.2, 0.25) is 0 Å². The molecule has 7 nitrogen and oxygen atoms in total. The molecule has 2 unspecified atom stereocenters. The van der Waals surface area contributed by atoms with Crippen LogP contribution in [0.25, 0.3) is 28.2 Å². The van der Waals surface area contributed by atoms with Crippen LogP contribution in [0.15, 0.2) is 48.5 Å². The highest BCUT2D eigenvalue weighted by molar-refractivity contribution is 7.10. The van der Waals surface area contributed by atoms with E-state index in [-0.39, 0.29) is 29.2 Å². The van der Waals surface area contributed by atoms with Crippen molar-refractivity contribution in [1.29, 1.82) is 0 Å². The van der Waals surface area contributed by atoms with Crippen molar-refractivity contribution in [1.82, 2.24) is 15.0 Å². The van der Waals surface area contributed by atoms with Gasteiger partial charge in [0.1, 0.15) is 12.4 Å². The topological polar surface area (TPSA) is 125 Å². The Balaban J connectivity index is 0.00000294. The summed E-state index contributed by atoms with van der Waals surface area (Å²) in [6.07, 6.45) is -0.104. The second-order valence-corrected chi connectivity index (χ2v) is 14.1. The van der Waals surface area contributed by atoms with Crippen molar-refractivity contribution in [3.8, 4) is 11.3 Å². The van der Waals surface area contributed by atoms with Gasteiger partial charge < -0.3 is 16.0 Å². The fourth-order valence-corrected chi connectivity index (χ4v) is 6.81. The standard InChI is InChI=1S/C33H44F4N6OS.C2H4/c1-18(2)25(38)13-29-23-15-32(4,5)9-8-19(3)20(7-6-10-41-40)31(44)26(39)14-30-42-27(16-45-30)22-11-21(23)28(12-24(22)34)43(29)17-33(35,36)37;1-2/h11-13,16,18,20,26,41H,3,6-10,14-15,17,38-40H2,1-2,4-5H3;1-2H2/b25-13+;. The highest BCUT2D eigenvalue weighted by atomic mass is 32.1. The van der Waals surface area contributed by atoms with E-state index < -0.39 is 35.9 Å². The Kier molecular flexibility index (Phi) is 12.8. The second-order valence-electron chi connectivity index (χ2n) is 13.2. The van der Waals surface area contributed by atoms with Gasteiger partial charge in [0.25, 0.3) is 0 Å². The first-order chi connectivity index (χ1) is 22.0.